The van der Waals surface area contributed by atoms with E-state index in [0.717, 1.165) is 0 Å². The molecule has 2 bridgehead atoms. The molecule has 162 valence electrons. The Hall–Kier alpha value is -3.20. The Morgan fingerprint density at radius 2 is 1.12 bits per heavy atom. The minimum absolute atomic E-state index is 0.160. The summed E-state index contributed by atoms with van der Waals surface area (Å²) in [4.78, 5) is 0. The van der Waals surface area contributed by atoms with Gasteiger partial charge in [0.15, 0.2) is 0 Å². The highest BCUT2D eigenvalue weighted by atomic mass is 79.9. The summed E-state index contributed by atoms with van der Waals surface area (Å²) in [5.74, 6) is 0.160. The summed E-state index contributed by atoms with van der Waals surface area (Å²) in [6.07, 6.45) is 0. The van der Waals surface area contributed by atoms with Gasteiger partial charge in [0.05, 0.1) is 4.32 Å². The van der Waals surface area contributed by atoms with Gasteiger partial charge in [-0.05, 0) is 56.3 Å². The number of rotatable bonds is 2. The van der Waals surface area contributed by atoms with Crippen LogP contribution in [0.1, 0.15) is 39.3 Å². The maximum atomic E-state index is 7.59. The SMILES string of the molecule is Br[C@]12c3ccccc3[C@H]1[C@@]1(c3ccccc3)O[C@@]2(c2ccccc2)c2cc3ccccc3cc21. The van der Waals surface area contributed by atoms with Crippen molar-refractivity contribution in [1.29, 1.82) is 0 Å². The van der Waals surface area contributed by atoms with E-state index in [1.165, 1.54) is 44.2 Å². The molecule has 0 radical (unpaired) electrons. The fraction of sp³-hybridized carbons (Fsp3) is 0.125. The second-order valence-electron chi connectivity index (χ2n) is 9.73. The van der Waals surface area contributed by atoms with Crippen LogP contribution >= 0.6 is 15.9 Å². The Balaban J connectivity index is 1.58. The van der Waals surface area contributed by atoms with E-state index in [0.29, 0.717) is 0 Å². The van der Waals surface area contributed by atoms with Crippen molar-refractivity contribution in [2.45, 2.75) is 21.4 Å². The van der Waals surface area contributed by atoms with E-state index < -0.39 is 11.2 Å². The number of ether oxygens (including phenoxy) is 1. The maximum Gasteiger partial charge on any atom is 0.140 e. The lowest BCUT2D eigenvalue weighted by atomic mass is 9.49. The molecular formula is C32H21BrO. The van der Waals surface area contributed by atoms with Crippen molar-refractivity contribution in [3.63, 3.8) is 0 Å². The molecule has 5 aromatic carbocycles. The number of fused-ring (bicyclic) bond motifs is 12. The highest BCUT2D eigenvalue weighted by molar-refractivity contribution is 9.09. The summed E-state index contributed by atoms with van der Waals surface area (Å²) in [5.41, 5.74) is 6.46. The minimum Gasteiger partial charge on any atom is -0.347 e. The average Bonchev–Trinajstić information content (AvgIpc) is 3.31. The predicted octanol–water partition coefficient (Wildman–Crippen LogP) is 7.76. The molecule has 0 spiro atoms. The van der Waals surface area contributed by atoms with Gasteiger partial charge in [0.1, 0.15) is 11.2 Å². The van der Waals surface area contributed by atoms with Crippen LogP contribution in [0, 0.1) is 0 Å². The molecule has 0 N–H and O–H groups in total. The summed E-state index contributed by atoms with van der Waals surface area (Å²) in [5, 5.41) is 2.50. The lowest BCUT2D eigenvalue weighted by molar-refractivity contribution is -0.0471. The lowest BCUT2D eigenvalue weighted by Gasteiger charge is -2.55. The van der Waals surface area contributed by atoms with Gasteiger partial charge in [0.2, 0.25) is 0 Å². The van der Waals surface area contributed by atoms with Gasteiger partial charge >= 0.3 is 0 Å². The summed E-state index contributed by atoms with van der Waals surface area (Å²) >= 11 is 4.39. The van der Waals surface area contributed by atoms with E-state index in [-0.39, 0.29) is 10.2 Å². The zero-order valence-electron chi connectivity index (χ0n) is 18.4. The van der Waals surface area contributed by atoms with Gasteiger partial charge in [-0.15, -0.1) is 0 Å². The lowest BCUT2D eigenvalue weighted by Crippen LogP contribution is -2.54. The van der Waals surface area contributed by atoms with E-state index in [1.54, 1.807) is 0 Å². The number of benzene rings is 5. The first-order valence-corrected chi connectivity index (χ1v) is 12.6. The van der Waals surface area contributed by atoms with Gasteiger partial charge in [-0.25, -0.2) is 0 Å². The zero-order chi connectivity index (χ0) is 22.5. The van der Waals surface area contributed by atoms with E-state index in [4.69, 9.17) is 4.74 Å². The number of halogens is 1. The fourth-order valence-corrected chi connectivity index (χ4v) is 8.56. The van der Waals surface area contributed by atoms with Crippen molar-refractivity contribution in [2.24, 2.45) is 0 Å². The van der Waals surface area contributed by atoms with E-state index in [9.17, 15) is 0 Å². The molecule has 5 aromatic rings. The summed E-state index contributed by atoms with van der Waals surface area (Å²) in [6.45, 7) is 0. The zero-order valence-corrected chi connectivity index (χ0v) is 20.0. The molecule has 2 heterocycles. The Morgan fingerprint density at radius 3 is 1.82 bits per heavy atom. The van der Waals surface area contributed by atoms with Crippen molar-refractivity contribution in [1.82, 2.24) is 0 Å². The van der Waals surface area contributed by atoms with Crippen molar-refractivity contribution in [3.05, 3.63) is 155 Å². The Kier molecular flexibility index (Phi) is 3.53. The first kappa shape index (κ1) is 19.1. The molecular weight excluding hydrogens is 480 g/mol. The molecule has 1 fully saturated rings. The monoisotopic (exact) mass is 500 g/mol. The number of hydrogen-bond donors (Lipinski definition) is 0. The quantitative estimate of drug-likeness (QED) is 0.225. The average molecular weight is 501 g/mol. The maximum absolute atomic E-state index is 7.59. The second kappa shape index (κ2) is 6.27. The summed E-state index contributed by atoms with van der Waals surface area (Å²) in [7, 11) is 0. The van der Waals surface area contributed by atoms with Crippen LogP contribution in [0.25, 0.3) is 10.8 Å². The van der Waals surface area contributed by atoms with Gasteiger partial charge in [-0.2, -0.15) is 0 Å². The minimum atomic E-state index is -0.636. The molecule has 8 rings (SSSR count). The largest absolute Gasteiger partial charge is 0.347 e. The van der Waals surface area contributed by atoms with Crippen LogP contribution in [0.4, 0.5) is 0 Å². The predicted molar refractivity (Wildman–Crippen MR) is 139 cm³/mol. The van der Waals surface area contributed by atoms with Crippen LogP contribution < -0.4 is 0 Å². The van der Waals surface area contributed by atoms with Gasteiger partial charge in [0, 0.05) is 5.92 Å². The van der Waals surface area contributed by atoms with Crippen LogP contribution in [-0.2, 0) is 20.3 Å². The second-order valence-corrected chi connectivity index (χ2v) is 11.0. The summed E-state index contributed by atoms with van der Waals surface area (Å²) < 4.78 is 7.23. The standard InChI is InChI=1S/C32H21BrO/c33-31-26-18-10-9-17-25(26)29(31)30(23-13-3-1-4-14-23)27-19-21-11-7-8-12-22(21)20-28(27)32(31,34-30)24-15-5-2-6-16-24/h1-20,29H/t29-,30-,31+,32-/m0/s1. The first-order chi connectivity index (χ1) is 16.7. The van der Waals surface area contributed by atoms with E-state index in [1.807, 2.05) is 0 Å². The Morgan fingerprint density at radius 1 is 0.559 bits per heavy atom. The van der Waals surface area contributed by atoms with Crippen molar-refractivity contribution >= 4 is 26.7 Å². The van der Waals surface area contributed by atoms with Crippen LogP contribution in [0.3, 0.4) is 0 Å². The number of hydrogen-bond acceptors (Lipinski definition) is 1. The smallest absolute Gasteiger partial charge is 0.140 e. The van der Waals surface area contributed by atoms with Crippen molar-refractivity contribution in [2.75, 3.05) is 0 Å². The van der Waals surface area contributed by atoms with E-state index in [2.05, 4.69) is 137 Å². The Bertz CT molecular complexity index is 1610. The molecule has 0 saturated carbocycles. The number of alkyl halides is 1. The van der Waals surface area contributed by atoms with Gasteiger partial charge in [-0.3, -0.25) is 0 Å². The molecule has 4 atom stereocenters. The molecule has 2 aliphatic heterocycles. The molecule has 2 heteroatoms. The third-order valence-electron chi connectivity index (χ3n) is 8.34. The fourth-order valence-electron chi connectivity index (χ4n) is 7.10. The van der Waals surface area contributed by atoms with Crippen LogP contribution in [0.2, 0.25) is 0 Å². The molecule has 1 aliphatic carbocycles. The van der Waals surface area contributed by atoms with Crippen LogP contribution in [0.15, 0.2) is 121 Å². The molecule has 1 saturated heterocycles. The third kappa shape index (κ3) is 1.92. The molecule has 34 heavy (non-hydrogen) atoms. The van der Waals surface area contributed by atoms with Gasteiger partial charge in [0.25, 0.3) is 0 Å². The van der Waals surface area contributed by atoms with Crippen LogP contribution in [0.5, 0.6) is 0 Å². The normalized spacial score (nSPS) is 29.9. The molecule has 0 aromatic heterocycles. The highest BCUT2D eigenvalue weighted by Crippen LogP contribution is 2.83. The molecule has 1 nitrogen and oxygen atoms in total. The van der Waals surface area contributed by atoms with Gasteiger partial charge < -0.3 is 4.74 Å². The molecule has 3 aliphatic rings. The molecule has 0 unspecified atom stereocenters. The van der Waals surface area contributed by atoms with Crippen LogP contribution in [-0.4, -0.2) is 0 Å². The Labute approximate surface area is 207 Å². The third-order valence-corrected chi connectivity index (χ3v) is 9.79. The first-order valence-electron chi connectivity index (χ1n) is 11.8. The molecule has 0 amide bonds. The summed E-state index contributed by atoms with van der Waals surface area (Å²) in [6, 6.07) is 43.9. The van der Waals surface area contributed by atoms with E-state index >= 15 is 0 Å². The van der Waals surface area contributed by atoms with Gasteiger partial charge in [-0.1, -0.05) is 125 Å². The van der Waals surface area contributed by atoms with Crippen molar-refractivity contribution < 1.29 is 4.74 Å². The van der Waals surface area contributed by atoms with Crippen molar-refractivity contribution in [3.8, 4) is 0 Å². The highest BCUT2D eigenvalue weighted by Gasteiger charge is 2.82. The topological polar surface area (TPSA) is 9.23 Å².